The first-order valence-electron chi connectivity index (χ1n) is 8.17. The Bertz CT molecular complexity index is 1020. The zero-order valence-electron chi connectivity index (χ0n) is 14.4. The summed E-state index contributed by atoms with van der Waals surface area (Å²) in [7, 11) is 0. The van der Waals surface area contributed by atoms with Crippen molar-refractivity contribution in [3.8, 4) is 0 Å². The summed E-state index contributed by atoms with van der Waals surface area (Å²) in [5.41, 5.74) is 2.65. The number of amides is 2. The highest BCUT2D eigenvalue weighted by atomic mass is 79.9. The number of aryl methyl sites for hydroxylation is 1. The van der Waals surface area contributed by atoms with Gasteiger partial charge in [0.05, 0.1) is 16.8 Å². The van der Waals surface area contributed by atoms with Crippen molar-refractivity contribution in [3.05, 3.63) is 93.7 Å². The predicted octanol–water partition coefficient (Wildman–Crippen LogP) is 5.40. The molecule has 6 heteroatoms. The van der Waals surface area contributed by atoms with Gasteiger partial charge in [-0.05, 0) is 70.9 Å². The van der Waals surface area contributed by atoms with Gasteiger partial charge in [-0.2, -0.15) is 0 Å². The number of hydrogen-bond acceptors (Lipinski definition) is 2. The summed E-state index contributed by atoms with van der Waals surface area (Å²) in [4.78, 5) is 25.2. The maximum absolute atomic E-state index is 13.2. The summed E-state index contributed by atoms with van der Waals surface area (Å²) in [5.74, 6) is -1.23. The van der Waals surface area contributed by atoms with Crippen molar-refractivity contribution < 1.29 is 14.0 Å². The first-order chi connectivity index (χ1) is 12.9. The van der Waals surface area contributed by atoms with E-state index in [9.17, 15) is 14.0 Å². The van der Waals surface area contributed by atoms with Gasteiger partial charge in [-0.1, -0.05) is 24.3 Å². The number of benzene rings is 3. The van der Waals surface area contributed by atoms with Crippen LogP contribution in [0.3, 0.4) is 0 Å². The van der Waals surface area contributed by atoms with Crippen molar-refractivity contribution >= 4 is 39.1 Å². The minimum absolute atomic E-state index is 0.269. The van der Waals surface area contributed by atoms with Gasteiger partial charge in [-0.3, -0.25) is 9.59 Å². The van der Waals surface area contributed by atoms with Crippen LogP contribution in [0.4, 0.5) is 15.8 Å². The molecule has 3 aromatic carbocycles. The Labute approximate surface area is 164 Å². The molecule has 0 unspecified atom stereocenters. The van der Waals surface area contributed by atoms with Gasteiger partial charge in [0.1, 0.15) is 5.82 Å². The van der Waals surface area contributed by atoms with Gasteiger partial charge >= 0.3 is 0 Å². The molecule has 0 fully saturated rings. The molecule has 136 valence electrons. The quantitative estimate of drug-likeness (QED) is 0.586. The number of rotatable bonds is 4. The molecule has 0 saturated heterocycles. The Morgan fingerprint density at radius 1 is 0.852 bits per heavy atom. The van der Waals surface area contributed by atoms with E-state index < -0.39 is 11.7 Å². The van der Waals surface area contributed by atoms with Crippen molar-refractivity contribution in [1.29, 1.82) is 0 Å². The third kappa shape index (κ3) is 4.60. The monoisotopic (exact) mass is 426 g/mol. The molecular formula is C21H16BrFN2O2. The zero-order valence-corrected chi connectivity index (χ0v) is 16.0. The van der Waals surface area contributed by atoms with Crippen LogP contribution in [0.15, 0.2) is 71.2 Å². The topological polar surface area (TPSA) is 58.2 Å². The Balaban J connectivity index is 1.83. The van der Waals surface area contributed by atoms with Crippen LogP contribution < -0.4 is 10.6 Å². The zero-order chi connectivity index (χ0) is 19.4. The van der Waals surface area contributed by atoms with Crippen molar-refractivity contribution in [2.75, 3.05) is 10.6 Å². The van der Waals surface area contributed by atoms with Gasteiger partial charge in [0.2, 0.25) is 0 Å². The summed E-state index contributed by atoms with van der Waals surface area (Å²) in [6.45, 7) is 1.93. The third-order valence-electron chi connectivity index (χ3n) is 3.87. The average Bonchev–Trinajstić information content (AvgIpc) is 2.62. The maximum Gasteiger partial charge on any atom is 0.257 e. The van der Waals surface area contributed by atoms with Gasteiger partial charge in [0.25, 0.3) is 11.8 Å². The number of carbonyl (C=O) groups is 2. The van der Waals surface area contributed by atoms with E-state index in [0.29, 0.717) is 21.4 Å². The van der Waals surface area contributed by atoms with E-state index in [-0.39, 0.29) is 11.5 Å². The fraction of sp³-hybridized carbons (Fsp3) is 0.0476. The number of anilines is 2. The van der Waals surface area contributed by atoms with Crippen molar-refractivity contribution in [2.45, 2.75) is 6.92 Å². The molecule has 0 atom stereocenters. The number of hydrogen-bond donors (Lipinski definition) is 2. The maximum atomic E-state index is 13.2. The van der Waals surface area contributed by atoms with Crippen LogP contribution in [0.1, 0.15) is 26.3 Å². The average molecular weight is 427 g/mol. The lowest BCUT2D eigenvalue weighted by Crippen LogP contribution is -2.18. The van der Waals surface area contributed by atoms with E-state index in [1.54, 1.807) is 30.3 Å². The number of carbonyl (C=O) groups excluding carboxylic acids is 2. The summed E-state index contributed by atoms with van der Waals surface area (Å²) < 4.78 is 13.6. The molecule has 0 saturated carbocycles. The molecule has 3 rings (SSSR count). The minimum Gasteiger partial charge on any atom is -0.322 e. The van der Waals surface area contributed by atoms with Crippen LogP contribution in [0, 0.1) is 12.7 Å². The van der Waals surface area contributed by atoms with Crippen molar-refractivity contribution in [2.24, 2.45) is 0 Å². The summed E-state index contributed by atoms with van der Waals surface area (Å²) in [6.07, 6.45) is 0. The molecule has 0 aromatic heterocycles. The summed E-state index contributed by atoms with van der Waals surface area (Å²) in [6, 6.07) is 17.9. The summed E-state index contributed by atoms with van der Waals surface area (Å²) in [5, 5.41) is 5.54. The van der Waals surface area contributed by atoms with E-state index in [4.69, 9.17) is 0 Å². The van der Waals surface area contributed by atoms with Gasteiger partial charge in [0.15, 0.2) is 0 Å². The van der Waals surface area contributed by atoms with E-state index >= 15 is 0 Å². The lowest BCUT2D eigenvalue weighted by molar-refractivity contribution is 0.102. The molecule has 0 aliphatic carbocycles. The highest BCUT2D eigenvalue weighted by Crippen LogP contribution is 2.22. The molecule has 0 aliphatic heterocycles. The lowest BCUT2D eigenvalue weighted by atomic mass is 10.1. The molecule has 0 heterocycles. The molecule has 3 aromatic rings. The second kappa shape index (κ2) is 8.14. The van der Waals surface area contributed by atoms with Gasteiger partial charge < -0.3 is 10.6 Å². The van der Waals surface area contributed by atoms with Gasteiger partial charge in [-0.25, -0.2) is 4.39 Å². The molecule has 2 amide bonds. The molecule has 0 spiro atoms. The highest BCUT2D eigenvalue weighted by molar-refractivity contribution is 9.10. The van der Waals surface area contributed by atoms with E-state index in [1.165, 1.54) is 18.2 Å². The molecule has 4 nitrogen and oxygen atoms in total. The van der Waals surface area contributed by atoms with Gasteiger partial charge in [0, 0.05) is 10.2 Å². The molecule has 0 aliphatic rings. The van der Waals surface area contributed by atoms with Crippen LogP contribution in [-0.4, -0.2) is 11.8 Å². The first-order valence-corrected chi connectivity index (χ1v) is 8.97. The fourth-order valence-electron chi connectivity index (χ4n) is 2.57. The SMILES string of the molecule is Cc1cccc(NC(=O)c2ccccc2NC(=O)c2ccc(F)cc2Br)c1. The fourth-order valence-corrected chi connectivity index (χ4v) is 3.11. The number of nitrogens with one attached hydrogen (secondary N) is 2. The minimum atomic E-state index is -0.448. The smallest absolute Gasteiger partial charge is 0.257 e. The number of halogens is 2. The van der Waals surface area contributed by atoms with Crippen molar-refractivity contribution in [1.82, 2.24) is 0 Å². The Hall–Kier alpha value is -2.99. The van der Waals surface area contributed by atoms with Crippen LogP contribution in [0.25, 0.3) is 0 Å². The van der Waals surface area contributed by atoms with E-state index in [0.717, 1.165) is 5.56 Å². The van der Waals surface area contributed by atoms with Crippen molar-refractivity contribution in [3.63, 3.8) is 0 Å². The van der Waals surface area contributed by atoms with Crippen LogP contribution >= 0.6 is 15.9 Å². The molecule has 2 N–H and O–H groups in total. The van der Waals surface area contributed by atoms with E-state index in [2.05, 4.69) is 26.6 Å². The third-order valence-corrected chi connectivity index (χ3v) is 4.53. The number of para-hydroxylation sites is 1. The normalized spacial score (nSPS) is 10.3. The lowest BCUT2D eigenvalue weighted by Gasteiger charge is -2.12. The van der Waals surface area contributed by atoms with Gasteiger partial charge in [-0.15, -0.1) is 0 Å². The first kappa shape index (κ1) is 18.8. The highest BCUT2D eigenvalue weighted by Gasteiger charge is 2.16. The van der Waals surface area contributed by atoms with Crippen LogP contribution in [0.5, 0.6) is 0 Å². The molecular weight excluding hydrogens is 411 g/mol. The van der Waals surface area contributed by atoms with E-state index in [1.807, 2.05) is 25.1 Å². The Morgan fingerprint density at radius 2 is 1.59 bits per heavy atom. The summed E-state index contributed by atoms with van der Waals surface area (Å²) >= 11 is 3.18. The Morgan fingerprint density at radius 3 is 2.33 bits per heavy atom. The largest absolute Gasteiger partial charge is 0.322 e. The molecule has 0 bridgehead atoms. The van der Waals surface area contributed by atoms with Crippen LogP contribution in [-0.2, 0) is 0 Å². The molecule has 0 radical (unpaired) electrons. The second-order valence-electron chi connectivity index (χ2n) is 5.95. The molecule has 27 heavy (non-hydrogen) atoms. The second-order valence-corrected chi connectivity index (χ2v) is 6.80. The predicted molar refractivity (Wildman–Crippen MR) is 108 cm³/mol. The van der Waals surface area contributed by atoms with Crippen LogP contribution in [0.2, 0.25) is 0 Å². The Kier molecular flexibility index (Phi) is 5.66. The standard InChI is InChI=1S/C21H16BrFN2O2/c1-13-5-4-6-15(11-13)24-21(27)17-7-2-3-8-19(17)25-20(26)16-10-9-14(23)12-18(16)22/h2-12H,1H3,(H,24,27)(H,25,26).